The molecule has 0 aromatic carbocycles. The lowest BCUT2D eigenvalue weighted by molar-refractivity contribution is -0.141. The molecule has 0 aliphatic carbocycles. The van der Waals surface area contributed by atoms with Gasteiger partial charge in [0, 0.05) is 5.75 Å². The lowest BCUT2D eigenvalue weighted by atomic mass is 10.3. The van der Waals surface area contributed by atoms with E-state index in [9.17, 15) is 9.59 Å². The van der Waals surface area contributed by atoms with E-state index in [0.717, 1.165) is 0 Å². The predicted molar refractivity (Wildman–Crippen MR) is 41.5 cm³/mol. The van der Waals surface area contributed by atoms with Crippen LogP contribution in [0, 0.1) is 0 Å². The van der Waals surface area contributed by atoms with Gasteiger partial charge in [0.1, 0.15) is 6.04 Å². The second kappa shape index (κ2) is 3.13. The van der Waals surface area contributed by atoms with E-state index in [-0.39, 0.29) is 11.2 Å². The van der Waals surface area contributed by atoms with Crippen molar-refractivity contribution in [2.75, 3.05) is 5.75 Å². The molecule has 0 bridgehead atoms. The number of thioether (sulfide) groups is 1. The summed E-state index contributed by atoms with van der Waals surface area (Å²) < 4.78 is 0. The van der Waals surface area contributed by atoms with Crippen LogP contribution in [0.3, 0.4) is 0 Å². The van der Waals surface area contributed by atoms with Crippen LogP contribution in [-0.2, 0) is 9.59 Å². The first-order valence-electron chi connectivity index (χ1n) is 3.26. The van der Waals surface area contributed by atoms with Crippen molar-refractivity contribution in [3.8, 4) is 0 Å². The first-order chi connectivity index (χ1) is 5.11. The minimum absolute atomic E-state index is 0.120. The van der Waals surface area contributed by atoms with E-state index in [4.69, 9.17) is 5.11 Å². The van der Waals surface area contributed by atoms with Crippen molar-refractivity contribution in [3.63, 3.8) is 0 Å². The van der Waals surface area contributed by atoms with Gasteiger partial charge in [0.15, 0.2) is 0 Å². The van der Waals surface area contributed by atoms with Crippen molar-refractivity contribution < 1.29 is 14.7 Å². The molecule has 2 atom stereocenters. The molecule has 1 rings (SSSR count). The highest BCUT2D eigenvalue weighted by atomic mass is 32.2. The molecular weight excluding hydrogens is 166 g/mol. The Bertz CT molecular complexity index is 194. The van der Waals surface area contributed by atoms with E-state index >= 15 is 0 Å². The molecule has 1 saturated heterocycles. The van der Waals surface area contributed by atoms with E-state index in [1.54, 1.807) is 6.92 Å². The van der Waals surface area contributed by atoms with Crippen LogP contribution in [0.15, 0.2) is 0 Å². The van der Waals surface area contributed by atoms with Crippen molar-refractivity contribution in [1.82, 2.24) is 5.32 Å². The van der Waals surface area contributed by atoms with E-state index in [0.29, 0.717) is 5.75 Å². The second-order valence-electron chi connectivity index (χ2n) is 2.37. The Hall–Kier alpha value is -0.710. The zero-order valence-corrected chi connectivity index (χ0v) is 6.85. The molecule has 1 fully saturated rings. The monoisotopic (exact) mass is 175 g/mol. The van der Waals surface area contributed by atoms with Crippen LogP contribution in [0.4, 0.5) is 0 Å². The lowest BCUT2D eigenvalue weighted by Gasteiger charge is -2.23. The van der Waals surface area contributed by atoms with Gasteiger partial charge in [-0.25, -0.2) is 4.79 Å². The highest BCUT2D eigenvalue weighted by Gasteiger charge is 2.29. The normalized spacial score (nSPS) is 31.2. The number of nitrogens with one attached hydrogen (secondary N) is 1. The molecule has 4 nitrogen and oxygen atoms in total. The summed E-state index contributed by atoms with van der Waals surface area (Å²) in [6, 6.07) is -0.705. The van der Waals surface area contributed by atoms with Gasteiger partial charge in [-0.05, 0) is 6.92 Å². The summed E-state index contributed by atoms with van der Waals surface area (Å²) >= 11 is 1.37. The van der Waals surface area contributed by atoms with Crippen LogP contribution >= 0.6 is 11.8 Å². The van der Waals surface area contributed by atoms with Gasteiger partial charge in [0.2, 0.25) is 5.91 Å². The molecule has 1 amide bonds. The van der Waals surface area contributed by atoms with E-state index in [1.165, 1.54) is 11.8 Å². The smallest absolute Gasteiger partial charge is 0.327 e. The topological polar surface area (TPSA) is 66.4 Å². The molecule has 1 heterocycles. The Morgan fingerprint density at radius 2 is 2.45 bits per heavy atom. The zero-order valence-electron chi connectivity index (χ0n) is 6.03. The Balaban J connectivity index is 2.53. The molecule has 0 radical (unpaired) electrons. The predicted octanol–water partition coefficient (Wildman–Crippen LogP) is -0.309. The molecule has 11 heavy (non-hydrogen) atoms. The fourth-order valence-corrected chi connectivity index (χ4v) is 1.71. The number of rotatable bonds is 1. The van der Waals surface area contributed by atoms with Gasteiger partial charge in [0.05, 0.1) is 5.25 Å². The molecule has 0 saturated carbocycles. The number of carboxylic acids is 1. The van der Waals surface area contributed by atoms with Crippen LogP contribution in [0.25, 0.3) is 0 Å². The maximum atomic E-state index is 10.9. The fourth-order valence-electron chi connectivity index (χ4n) is 0.780. The van der Waals surface area contributed by atoms with Crippen molar-refractivity contribution in [2.45, 2.75) is 18.2 Å². The fraction of sp³-hybridized carbons (Fsp3) is 0.667. The third-order valence-electron chi connectivity index (χ3n) is 1.50. The highest BCUT2D eigenvalue weighted by molar-refractivity contribution is 8.00. The summed E-state index contributed by atoms with van der Waals surface area (Å²) in [5.41, 5.74) is 0. The van der Waals surface area contributed by atoms with Gasteiger partial charge in [-0.2, -0.15) is 0 Å². The molecule has 1 aliphatic heterocycles. The second-order valence-corrected chi connectivity index (χ2v) is 3.75. The molecule has 0 aromatic rings. The Morgan fingerprint density at radius 1 is 1.82 bits per heavy atom. The van der Waals surface area contributed by atoms with Crippen LogP contribution in [0.1, 0.15) is 6.92 Å². The quantitative estimate of drug-likeness (QED) is 0.573. The highest BCUT2D eigenvalue weighted by Crippen LogP contribution is 2.16. The van der Waals surface area contributed by atoms with E-state index in [1.807, 2.05) is 0 Å². The Morgan fingerprint density at radius 3 is 2.91 bits per heavy atom. The van der Waals surface area contributed by atoms with Crippen molar-refractivity contribution >= 4 is 23.6 Å². The number of hydrogen-bond donors (Lipinski definition) is 2. The minimum Gasteiger partial charge on any atom is -0.480 e. The first-order valence-corrected chi connectivity index (χ1v) is 4.31. The average molecular weight is 175 g/mol. The largest absolute Gasteiger partial charge is 0.480 e. The van der Waals surface area contributed by atoms with Gasteiger partial charge in [-0.1, -0.05) is 0 Å². The summed E-state index contributed by atoms with van der Waals surface area (Å²) in [5.74, 6) is -0.686. The maximum absolute atomic E-state index is 10.9. The number of aliphatic carboxylic acids is 1. The standard InChI is InChI=1S/C6H9NO3S/c1-3-5(8)7-4(2-11-3)6(9)10/h3-4H,2H2,1H3,(H,7,8)(H,9,10)/t3-,4-/m1/s1. The number of hydrogen-bond acceptors (Lipinski definition) is 3. The SMILES string of the molecule is C[C@H]1SC[C@H](C(=O)O)NC1=O. The first kappa shape index (κ1) is 8.39. The van der Waals surface area contributed by atoms with E-state index < -0.39 is 12.0 Å². The number of carboxylic acid groups (broad SMARTS) is 1. The molecule has 0 aromatic heterocycles. The van der Waals surface area contributed by atoms with Crippen LogP contribution in [0.5, 0.6) is 0 Å². The van der Waals surface area contributed by atoms with Crippen LogP contribution in [-0.4, -0.2) is 34.0 Å². The summed E-state index contributed by atoms with van der Waals surface area (Å²) in [5, 5.41) is 10.8. The number of carbonyl (C=O) groups excluding carboxylic acids is 1. The zero-order chi connectivity index (χ0) is 8.43. The molecule has 0 spiro atoms. The lowest BCUT2D eigenvalue weighted by Crippen LogP contribution is -2.49. The maximum Gasteiger partial charge on any atom is 0.327 e. The molecule has 0 unspecified atom stereocenters. The summed E-state index contributed by atoms with van der Waals surface area (Å²) in [6.45, 7) is 1.76. The van der Waals surface area contributed by atoms with Crippen molar-refractivity contribution in [3.05, 3.63) is 0 Å². The van der Waals surface area contributed by atoms with E-state index in [2.05, 4.69) is 5.32 Å². The van der Waals surface area contributed by atoms with Crippen molar-refractivity contribution in [1.29, 1.82) is 0 Å². The minimum atomic E-state index is -0.960. The molecule has 5 heteroatoms. The van der Waals surface area contributed by atoms with Gasteiger partial charge in [0.25, 0.3) is 0 Å². The van der Waals surface area contributed by atoms with Crippen LogP contribution in [0.2, 0.25) is 0 Å². The van der Waals surface area contributed by atoms with Crippen molar-refractivity contribution in [2.24, 2.45) is 0 Å². The Labute approximate surface area is 68.3 Å². The average Bonchev–Trinajstić information content (AvgIpc) is 1.94. The number of amides is 1. The summed E-state index contributed by atoms with van der Waals surface area (Å²) in [7, 11) is 0. The summed E-state index contributed by atoms with van der Waals surface area (Å²) in [4.78, 5) is 21.3. The third-order valence-corrected chi connectivity index (χ3v) is 2.74. The molecule has 62 valence electrons. The van der Waals surface area contributed by atoms with Gasteiger partial charge >= 0.3 is 5.97 Å². The van der Waals surface area contributed by atoms with Gasteiger partial charge < -0.3 is 10.4 Å². The van der Waals surface area contributed by atoms with Gasteiger partial charge in [-0.3, -0.25) is 4.79 Å². The van der Waals surface area contributed by atoms with Gasteiger partial charge in [-0.15, -0.1) is 11.8 Å². The third kappa shape index (κ3) is 1.86. The molecule has 1 aliphatic rings. The molecule has 2 N–H and O–H groups in total. The van der Waals surface area contributed by atoms with Crippen LogP contribution < -0.4 is 5.32 Å². The Kier molecular flexibility index (Phi) is 2.38. The molecular formula is C6H9NO3S. The summed E-state index contributed by atoms with van der Waals surface area (Å²) in [6.07, 6.45) is 0. The number of carbonyl (C=O) groups is 2.